The van der Waals surface area contributed by atoms with Gasteiger partial charge in [0.25, 0.3) is 0 Å². The zero-order chi connectivity index (χ0) is 19.4. The molecule has 4 heteroatoms. The lowest BCUT2D eigenvalue weighted by molar-refractivity contribution is -0.134. The van der Waals surface area contributed by atoms with Crippen molar-refractivity contribution in [2.45, 2.75) is 90.6 Å². The Morgan fingerprint density at radius 3 is 2.63 bits per heavy atom. The SMILES string of the molecule is CC(=O)NC(C)[C@H]1CC[C@H]2[C@@H]3CCC4CC(N)CC[C@]4(C)[C@H]3CC[C@]12CO. The van der Waals surface area contributed by atoms with Gasteiger partial charge in [0.2, 0.25) is 5.91 Å². The van der Waals surface area contributed by atoms with Crippen molar-refractivity contribution in [3.8, 4) is 0 Å². The summed E-state index contributed by atoms with van der Waals surface area (Å²) in [5.41, 5.74) is 6.81. The van der Waals surface area contributed by atoms with Crippen LogP contribution in [-0.4, -0.2) is 29.7 Å². The van der Waals surface area contributed by atoms with Crippen LogP contribution in [-0.2, 0) is 4.79 Å². The number of carbonyl (C=O) groups excluding carboxylic acids is 1. The average Bonchev–Trinajstić information content (AvgIpc) is 3.02. The van der Waals surface area contributed by atoms with E-state index in [9.17, 15) is 9.90 Å². The molecular weight excluding hydrogens is 336 g/mol. The highest BCUT2D eigenvalue weighted by molar-refractivity contribution is 5.73. The number of nitrogens with two attached hydrogens (primary N) is 1. The van der Waals surface area contributed by atoms with Crippen molar-refractivity contribution in [1.82, 2.24) is 5.32 Å². The molecule has 3 unspecified atom stereocenters. The van der Waals surface area contributed by atoms with Gasteiger partial charge in [-0.05, 0) is 99.7 Å². The van der Waals surface area contributed by atoms with E-state index in [4.69, 9.17) is 5.73 Å². The number of aliphatic hydroxyl groups excluding tert-OH is 1. The molecule has 9 atom stereocenters. The number of aliphatic hydroxyl groups is 1. The molecule has 154 valence electrons. The fourth-order valence-electron chi connectivity index (χ4n) is 8.63. The van der Waals surface area contributed by atoms with E-state index in [-0.39, 0.29) is 17.4 Å². The Bertz CT molecular complexity index is 581. The topological polar surface area (TPSA) is 75.4 Å². The minimum atomic E-state index is 0.0251. The summed E-state index contributed by atoms with van der Waals surface area (Å²) in [5.74, 6) is 3.48. The standard InChI is InChI=1S/C23H40N2O2/c1-14(25-15(2)27)19-6-7-21-18-5-4-16-12-17(24)8-10-22(16,3)20(18)9-11-23(19,21)13-26/h14,16-21,26H,4-13,24H2,1-3H3,(H,25,27)/t14?,16?,17?,18-,19-,20+,21+,22+,23+/m1/s1. The molecule has 4 rings (SSSR count). The number of nitrogens with one attached hydrogen (secondary N) is 1. The maximum atomic E-state index is 11.6. The molecule has 0 heterocycles. The van der Waals surface area contributed by atoms with Gasteiger partial charge in [0.1, 0.15) is 0 Å². The summed E-state index contributed by atoms with van der Waals surface area (Å²) in [4.78, 5) is 11.6. The zero-order valence-electron chi connectivity index (χ0n) is 17.5. The van der Waals surface area contributed by atoms with Crippen molar-refractivity contribution in [2.75, 3.05) is 6.61 Å². The fraction of sp³-hybridized carbons (Fsp3) is 0.957. The maximum Gasteiger partial charge on any atom is 0.217 e. The highest BCUT2D eigenvalue weighted by atomic mass is 16.3. The Balaban J connectivity index is 1.58. The van der Waals surface area contributed by atoms with Gasteiger partial charge in [0, 0.05) is 31.0 Å². The molecule has 27 heavy (non-hydrogen) atoms. The molecule has 4 N–H and O–H groups in total. The molecule has 0 spiro atoms. The van der Waals surface area contributed by atoms with E-state index in [1.807, 2.05) is 0 Å². The van der Waals surface area contributed by atoms with E-state index in [2.05, 4.69) is 19.2 Å². The monoisotopic (exact) mass is 376 g/mol. The smallest absolute Gasteiger partial charge is 0.217 e. The molecule has 0 radical (unpaired) electrons. The summed E-state index contributed by atoms with van der Waals surface area (Å²) in [5, 5.41) is 13.7. The second kappa shape index (κ2) is 7.02. The summed E-state index contributed by atoms with van der Waals surface area (Å²) in [7, 11) is 0. The molecule has 0 aliphatic heterocycles. The predicted octanol–water partition coefficient (Wildman–Crippen LogP) is 3.47. The lowest BCUT2D eigenvalue weighted by atomic mass is 9.44. The third kappa shape index (κ3) is 2.97. The molecule has 0 saturated heterocycles. The fourth-order valence-corrected chi connectivity index (χ4v) is 8.63. The second-order valence-corrected chi connectivity index (χ2v) is 10.8. The molecule has 1 amide bonds. The van der Waals surface area contributed by atoms with Crippen LogP contribution in [0.4, 0.5) is 0 Å². The molecule has 0 aromatic heterocycles. The minimum absolute atomic E-state index is 0.0251. The molecule has 4 aliphatic rings. The first-order valence-electron chi connectivity index (χ1n) is 11.5. The van der Waals surface area contributed by atoms with E-state index < -0.39 is 0 Å². The van der Waals surface area contributed by atoms with Gasteiger partial charge >= 0.3 is 0 Å². The number of carbonyl (C=O) groups is 1. The molecular formula is C23H40N2O2. The summed E-state index contributed by atoms with van der Waals surface area (Å²) in [6.45, 7) is 6.62. The summed E-state index contributed by atoms with van der Waals surface area (Å²) in [6, 6.07) is 0.574. The van der Waals surface area contributed by atoms with Crippen LogP contribution >= 0.6 is 0 Å². The highest BCUT2D eigenvalue weighted by Gasteiger charge is 2.62. The molecule has 0 bridgehead atoms. The van der Waals surface area contributed by atoms with Crippen LogP contribution in [0.2, 0.25) is 0 Å². The van der Waals surface area contributed by atoms with Crippen molar-refractivity contribution in [2.24, 2.45) is 46.2 Å². The van der Waals surface area contributed by atoms with Crippen LogP contribution in [0.5, 0.6) is 0 Å². The van der Waals surface area contributed by atoms with Gasteiger partial charge in [0.05, 0.1) is 0 Å². The van der Waals surface area contributed by atoms with Gasteiger partial charge in [-0.3, -0.25) is 4.79 Å². The molecule has 4 saturated carbocycles. The third-order valence-corrected chi connectivity index (χ3v) is 9.82. The minimum Gasteiger partial charge on any atom is -0.396 e. The van der Waals surface area contributed by atoms with E-state index in [1.54, 1.807) is 6.92 Å². The Hall–Kier alpha value is -0.610. The van der Waals surface area contributed by atoms with Crippen LogP contribution in [0.25, 0.3) is 0 Å². The van der Waals surface area contributed by atoms with Gasteiger partial charge in [-0.2, -0.15) is 0 Å². The van der Waals surface area contributed by atoms with E-state index in [0.717, 1.165) is 30.6 Å². The number of hydrogen-bond donors (Lipinski definition) is 3. The third-order valence-electron chi connectivity index (χ3n) is 9.82. The lowest BCUT2D eigenvalue weighted by Gasteiger charge is -2.61. The van der Waals surface area contributed by atoms with Crippen molar-refractivity contribution in [1.29, 1.82) is 0 Å². The van der Waals surface area contributed by atoms with Crippen LogP contribution < -0.4 is 11.1 Å². The average molecular weight is 377 g/mol. The van der Waals surface area contributed by atoms with E-state index in [1.165, 1.54) is 44.9 Å². The number of rotatable bonds is 3. The molecule has 4 aliphatic carbocycles. The lowest BCUT2D eigenvalue weighted by Crippen LogP contribution is -2.57. The van der Waals surface area contributed by atoms with Gasteiger partial charge < -0.3 is 16.2 Å². The molecule has 0 aromatic rings. The van der Waals surface area contributed by atoms with Crippen molar-refractivity contribution < 1.29 is 9.90 Å². The highest BCUT2D eigenvalue weighted by Crippen LogP contribution is 2.67. The van der Waals surface area contributed by atoms with Crippen molar-refractivity contribution in [3.63, 3.8) is 0 Å². The van der Waals surface area contributed by atoms with Crippen LogP contribution in [0, 0.1) is 40.4 Å². The first-order chi connectivity index (χ1) is 12.8. The molecule has 4 fully saturated rings. The number of fused-ring (bicyclic) bond motifs is 5. The normalized spacial score (nSPS) is 50.3. The Morgan fingerprint density at radius 1 is 1.15 bits per heavy atom. The molecule has 4 nitrogen and oxygen atoms in total. The largest absolute Gasteiger partial charge is 0.396 e. The number of amides is 1. The molecule has 0 aromatic carbocycles. The summed E-state index contributed by atoms with van der Waals surface area (Å²) >= 11 is 0. The Labute approximate surface area is 165 Å². The van der Waals surface area contributed by atoms with Gasteiger partial charge in [0.15, 0.2) is 0 Å². The van der Waals surface area contributed by atoms with Crippen molar-refractivity contribution in [3.05, 3.63) is 0 Å². The van der Waals surface area contributed by atoms with E-state index in [0.29, 0.717) is 29.9 Å². The second-order valence-electron chi connectivity index (χ2n) is 10.8. The van der Waals surface area contributed by atoms with Gasteiger partial charge in [-0.15, -0.1) is 0 Å². The Kier molecular flexibility index (Phi) is 5.12. The van der Waals surface area contributed by atoms with Gasteiger partial charge in [-0.1, -0.05) is 6.92 Å². The van der Waals surface area contributed by atoms with E-state index >= 15 is 0 Å². The zero-order valence-corrected chi connectivity index (χ0v) is 17.5. The predicted molar refractivity (Wildman–Crippen MR) is 108 cm³/mol. The van der Waals surface area contributed by atoms with Crippen LogP contribution in [0.1, 0.15) is 78.6 Å². The summed E-state index contributed by atoms with van der Waals surface area (Å²) in [6.07, 6.45) is 11.1. The van der Waals surface area contributed by atoms with Crippen molar-refractivity contribution >= 4 is 5.91 Å². The Morgan fingerprint density at radius 2 is 1.93 bits per heavy atom. The maximum absolute atomic E-state index is 11.6. The quantitative estimate of drug-likeness (QED) is 0.706. The van der Waals surface area contributed by atoms with Gasteiger partial charge in [-0.25, -0.2) is 0 Å². The first-order valence-corrected chi connectivity index (χ1v) is 11.5. The number of hydrogen-bond acceptors (Lipinski definition) is 3. The first kappa shape index (κ1) is 19.7. The summed E-state index contributed by atoms with van der Waals surface area (Å²) < 4.78 is 0. The van der Waals surface area contributed by atoms with Crippen LogP contribution in [0.3, 0.4) is 0 Å². The van der Waals surface area contributed by atoms with Crippen LogP contribution in [0.15, 0.2) is 0 Å².